The van der Waals surface area contributed by atoms with E-state index in [-0.39, 0.29) is 24.5 Å². The Morgan fingerprint density at radius 1 is 0.500 bits per heavy atom. The number of nitrogens with one attached hydrogen (secondary N) is 1. The van der Waals surface area contributed by atoms with Crippen molar-refractivity contribution in [2.45, 2.75) is 66.5 Å². The fraction of sp³-hybridized carbons (Fsp3) is 0.264. The third-order valence-corrected chi connectivity index (χ3v) is 14.3. The van der Waals surface area contributed by atoms with Gasteiger partial charge in [-0.15, -0.1) is 23.5 Å². The molecule has 0 aromatic heterocycles. The minimum Gasteiger partial charge on any atom is -0.481 e. The Morgan fingerprint density at radius 3 is 1.18 bits per heavy atom. The average Bonchev–Trinajstić information content (AvgIpc) is 3.32. The number of thioether (sulfide) groups is 2. The third-order valence-electron chi connectivity index (χ3n) is 11.0. The summed E-state index contributed by atoms with van der Waals surface area (Å²) in [6.07, 6.45) is 5.05. The molecule has 1 amide bonds. The van der Waals surface area contributed by atoms with Crippen LogP contribution in [0.5, 0.6) is 0 Å². The van der Waals surface area contributed by atoms with Crippen LogP contribution in [0.15, 0.2) is 182 Å². The predicted molar refractivity (Wildman–Crippen MR) is 254 cm³/mol. The van der Waals surface area contributed by atoms with Gasteiger partial charge in [-0.3, -0.25) is 9.59 Å². The molecule has 4 N–H and O–H groups in total. The number of carbonyl (C=O) groups is 3. The zero-order valence-electron chi connectivity index (χ0n) is 35.0. The summed E-state index contributed by atoms with van der Waals surface area (Å²) in [5.74, 6) is -1.26. The number of aliphatic carboxylic acids is 1. The summed E-state index contributed by atoms with van der Waals surface area (Å²) < 4.78 is 4.52. The van der Waals surface area contributed by atoms with Crippen molar-refractivity contribution in [1.29, 1.82) is 0 Å². The first-order valence-corrected chi connectivity index (χ1v) is 23.4. The lowest BCUT2D eigenvalue weighted by Crippen LogP contribution is -2.51. The molecule has 0 radical (unpaired) electrons. The van der Waals surface area contributed by atoms with Gasteiger partial charge in [-0.25, -0.2) is 4.79 Å². The summed E-state index contributed by atoms with van der Waals surface area (Å²) in [4.78, 5) is 39.4. The maximum atomic E-state index is 14.4. The normalized spacial score (nSPS) is 12.5. The zero-order valence-corrected chi connectivity index (χ0v) is 36.7. The molecule has 0 saturated heterocycles. The Kier molecular flexibility index (Phi) is 17.4. The minimum atomic E-state index is -1.00. The van der Waals surface area contributed by atoms with Gasteiger partial charge in [-0.2, -0.15) is 0 Å². The number of unbranched alkanes of at least 4 members (excludes halogenated alkanes) is 5. The molecule has 6 rings (SSSR count). The molecule has 320 valence electrons. The summed E-state index contributed by atoms with van der Waals surface area (Å²) in [7, 11) is 0. The molecular weight excluding hydrogens is 809 g/mol. The number of carboxylic acid groups (broad SMARTS) is 1. The van der Waals surface area contributed by atoms with Crippen molar-refractivity contribution in [3.8, 4) is 0 Å². The first-order chi connectivity index (χ1) is 30.3. The van der Waals surface area contributed by atoms with Crippen molar-refractivity contribution in [1.82, 2.24) is 5.32 Å². The number of hydrogen-bond donors (Lipinski definition) is 3. The maximum Gasteiger partial charge on any atom is 0.329 e. The second kappa shape index (κ2) is 23.6. The molecule has 6 aromatic carbocycles. The van der Waals surface area contributed by atoms with Crippen LogP contribution in [0.3, 0.4) is 0 Å². The van der Waals surface area contributed by atoms with Gasteiger partial charge in [0.25, 0.3) is 0 Å². The number of esters is 1. The van der Waals surface area contributed by atoms with E-state index in [0.717, 1.165) is 59.1 Å². The molecule has 0 spiro atoms. The van der Waals surface area contributed by atoms with Gasteiger partial charge < -0.3 is 20.9 Å². The van der Waals surface area contributed by atoms with E-state index in [2.05, 4.69) is 78.1 Å². The molecule has 9 heteroatoms. The van der Waals surface area contributed by atoms with Crippen molar-refractivity contribution < 1.29 is 24.2 Å². The van der Waals surface area contributed by atoms with E-state index >= 15 is 0 Å². The highest BCUT2D eigenvalue weighted by Crippen LogP contribution is 2.50. The first kappa shape index (κ1) is 45.9. The summed E-state index contributed by atoms with van der Waals surface area (Å²) in [6.45, 7) is 0.210. The Hall–Kier alpha value is -5.61. The lowest BCUT2D eigenvalue weighted by Gasteiger charge is -2.37. The van der Waals surface area contributed by atoms with Crippen LogP contribution < -0.4 is 11.1 Å². The highest BCUT2D eigenvalue weighted by Gasteiger charge is 2.40. The van der Waals surface area contributed by atoms with Crippen LogP contribution >= 0.6 is 23.5 Å². The maximum absolute atomic E-state index is 14.4. The van der Waals surface area contributed by atoms with E-state index in [1.54, 1.807) is 23.5 Å². The molecule has 7 nitrogen and oxygen atoms in total. The molecular formula is C53H56N2O5S2. The van der Waals surface area contributed by atoms with E-state index in [9.17, 15) is 14.4 Å². The zero-order chi connectivity index (χ0) is 43.5. The van der Waals surface area contributed by atoms with Gasteiger partial charge in [0, 0.05) is 17.9 Å². The van der Waals surface area contributed by atoms with Gasteiger partial charge >= 0.3 is 11.9 Å². The molecule has 0 heterocycles. The topological polar surface area (TPSA) is 119 Å². The summed E-state index contributed by atoms with van der Waals surface area (Å²) in [5.41, 5.74) is 13.1. The highest BCUT2D eigenvalue weighted by atomic mass is 32.2. The van der Waals surface area contributed by atoms with Crippen LogP contribution in [-0.4, -0.2) is 53.1 Å². The second-order valence-corrected chi connectivity index (χ2v) is 17.7. The minimum absolute atomic E-state index is 0.180. The number of carbonyl (C=O) groups excluding carboxylic acids is 2. The molecule has 0 unspecified atom stereocenters. The average molecular weight is 865 g/mol. The smallest absolute Gasteiger partial charge is 0.329 e. The van der Waals surface area contributed by atoms with Gasteiger partial charge in [0.05, 0.1) is 22.1 Å². The Bertz CT molecular complexity index is 2060. The van der Waals surface area contributed by atoms with E-state index in [1.165, 1.54) is 0 Å². The predicted octanol–water partition coefficient (Wildman–Crippen LogP) is 10.6. The van der Waals surface area contributed by atoms with Crippen molar-refractivity contribution in [3.05, 3.63) is 215 Å². The summed E-state index contributed by atoms with van der Waals surface area (Å²) in [6, 6.07) is 59.6. The van der Waals surface area contributed by atoms with Crippen LogP contribution in [0.4, 0.5) is 0 Å². The molecule has 0 fully saturated rings. The lowest BCUT2D eigenvalue weighted by atomic mass is 9.84. The summed E-state index contributed by atoms with van der Waals surface area (Å²) >= 11 is 3.18. The van der Waals surface area contributed by atoms with Gasteiger partial charge in [-0.05, 0) is 46.2 Å². The standard InChI is InChI=1S/C53H56N2O5S2/c54-47(39-61-52(41-25-11-5-12-26-41,42-27-13-6-14-28-42)43-29-15-7-16-30-43)50(58)55-48(51(59)60-38-24-4-2-1-3-23-37-49(56)57)40-62-53(44-31-17-8-18-32-44,45-33-19-9-20-34-45)46-35-21-10-22-36-46/h5-22,25-36,47-48H,1-4,23-24,37-40,54H2,(H,55,58)(H,56,57)/t47-,48-/m0/s1. The molecule has 0 aliphatic rings. The monoisotopic (exact) mass is 864 g/mol. The quantitative estimate of drug-likeness (QED) is 0.0313. The van der Waals surface area contributed by atoms with E-state index < -0.39 is 39.4 Å². The molecule has 0 saturated carbocycles. The number of ether oxygens (including phenoxy) is 1. The number of benzene rings is 6. The highest BCUT2D eigenvalue weighted by molar-refractivity contribution is 8.01. The van der Waals surface area contributed by atoms with Crippen molar-refractivity contribution >= 4 is 41.4 Å². The molecule has 2 atom stereocenters. The van der Waals surface area contributed by atoms with Crippen LogP contribution in [0.25, 0.3) is 0 Å². The first-order valence-electron chi connectivity index (χ1n) is 21.4. The van der Waals surface area contributed by atoms with E-state index in [0.29, 0.717) is 12.8 Å². The van der Waals surface area contributed by atoms with Crippen molar-refractivity contribution in [3.63, 3.8) is 0 Å². The van der Waals surface area contributed by atoms with Gasteiger partial charge in [-0.1, -0.05) is 208 Å². The number of hydrogen-bond acceptors (Lipinski definition) is 7. The Morgan fingerprint density at radius 2 is 0.823 bits per heavy atom. The molecule has 62 heavy (non-hydrogen) atoms. The number of nitrogens with two attached hydrogens (primary N) is 1. The fourth-order valence-corrected chi connectivity index (χ4v) is 10.9. The van der Waals surface area contributed by atoms with Crippen LogP contribution in [-0.2, 0) is 28.6 Å². The molecule has 6 aromatic rings. The molecule has 0 aliphatic carbocycles. The second-order valence-electron chi connectivity index (χ2n) is 15.3. The summed E-state index contributed by atoms with van der Waals surface area (Å²) in [5, 5.41) is 12.0. The largest absolute Gasteiger partial charge is 0.481 e. The van der Waals surface area contributed by atoms with Gasteiger partial charge in [0.1, 0.15) is 6.04 Å². The fourth-order valence-electron chi connectivity index (χ4n) is 7.84. The van der Waals surface area contributed by atoms with E-state index in [4.69, 9.17) is 15.6 Å². The number of carboxylic acids is 1. The van der Waals surface area contributed by atoms with Crippen LogP contribution in [0.1, 0.15) is 78.3 Å². The lowest BCUT2D eigenvalue weighted by molar-refractivity contribution is -0.147. The number of rotatable bonds is 24. The van der Waals surface area contributed by atoms with Crippen molar-refractivity contribution in [2.75, 3.05) is 18.1 Å². The Labute approximate surface area is 374 Å². The molecule has 0 bridgehead atoms. The van der Waals surface area contributed by atoms with Gasteiger partial charge in [0.15, 0.2) is 0 Å². The Balaban J connectivity index is 1.25. The van der Waals surface area contributed by atoms with Crippen LogP contribution in [0, 0.1) is 0 Å². The molecule has 0 aliphatic heterocycles. The van der Waals surface area contributed by atoms with E-state index in [1.807, 2.05) is 109 Å². The van der Waals surface area contributed by atoms with Crippen molar-refractivity contribution in [2.24, 2.45) is 5.73 Å². The SMILES string of the molecule is N[C@@H](CSC(c1ccccc1)(c1ccccc1)c1ccccc1)C(=O)N[C@@H](CSC(c1ccccc1)(c1ccccc1)c1ccccc1)C(=O)OCCCCCCCCC(=O)O. The number of amides is 1. The van der Waals surface area contributed by atoms with Crippen LogP contribution in [0.2, 0.25) is 0 Å². The van der Waals surface area contributed by atoms with Gasteiger partial charge in [0.2, 0.25) is 5.91 Å². The third kappa shape index (κ3) is 11.8.